The summed E-state index contributed by atoms with van der Waals surface area (Å²) in [6.07, 6.45) is 0.707. The van der Waals surface area contributed by atoms with Crippen molar-refractivity contribution in [1.29, 1.82) is 0 Å². The molecule has 1 aromatic carbocycles. The van der Waals surface area contributed by atoms with Crippen LogP contribution in [0.3, 0.4) is 0 Å². The van der Waals surface area contributed by atoms with E-state index in [-0.39, 0.29) is 4.90 Å². The number of nitrogen functional groups attached to an aromatic ring is 1. The molecule has 1 heterocycles. The number of aromatic nitrogens is 1. The molecule has 0 saturated carbocycles. The highest BCUT2D eigenvalue weighted by molar-refractivity contribution is 7.89. The fourth-order valence-electron chi connectivity index (χ4n) is 1.74. The largest absolute Gasteiger partial charge is 0.491 e. The van der Waals surface area contributed by atoms with E-state index in [4.69, 9.17) is 10.5 Å². The molecule has 0 aliphatic carbocycles. The zero-order valence-corrected chi connectivity index (χ0v) is 13.4. The lowest BCUT2D eigenvalue weighted by Gasteiger charge is -2.10. The van der Waals surface area contributed by atoms with Crippen LogP contribution >= 0.6 is 11.3 Å². The van der Waals surface area contributed by atoms with Crippen LogP contribution in [0.1, 0.15) is 10.6 Å². The topological polar surface area (TPSA) is 94.3 Å². The molecule has 0 spiro atoms. The molecule has 6 nitrogen and oxygen atoms in total. The molecule has 0 radical (unpaired) electrons. The van der Waals surface area contributed by atoms with Gasteiger partial charge in [-0.05, 0) is 26.1 Å². The van der Waals surface area contributed by atoms with Gasteiger partial charge >= 0.3 is 0 Å². The van der Waals surface area contributed by atoms with Gasteiger partial charge in [-0.15, -0.1) is 11.3 Å². The average Bonchev–Trinajstić information content (AvgIpc) is 2.86. The SMILES string of the molecule is CNS(=O)(=O)c1ccc(N)c(OCCc2scnc2C)c1. The molecule has 8 heteroatoms. The van der Waals surface area contributed by atoms with Crippen molar-refractivity contribution in [2.45, 2.75) is 18.2 Å². The van der Waals surface area contributed by atoms with Crippen molar-refractivity contribution in [1.82, 2.24) is 9.71 Å². The molecule has 0 saturated heterocycles. The number of nitrogens with two attached hydrogens (primary N) is 1. The van der Waals surface area contributed by atoms with Crippen molar-refractivity contribution in [2.24, 2.45) is 0 Å². The number of anilines is 1. The number of thiazole rings is 1. The Bertz CT molecular complexity index is 726. The molecule has 0 bridgehead atoms. The summed E-state index contributed by atoms with van der Waals surface area (Å²) in [7, 11) is -2.15. The summed E-state index contributed by atoms with van der Waals surface area (Å²) in [5, 5.41) is 0. The number of rotatable bonds is 6. The van der Waals surface area contributed by atoms with Gasteiger partial charge in [-0.2, -0.15) is 0 Å². The molecule has 0 fully saturated rings. The van der Waals surface area contributed by atoms with Gasteiger partial charge in [0.2, 0.25) is 10.0 Å². The van der Waals surface area contributed by atoms with Crippen LogP contribution in [-0.4, -0.2) is 27.1 Å². The molecule has 2 aromatic rings. The van der Waals surface area contributed by atoms with E-state index in [1.807, 2.05) is 6.92 Å². The third-order valence-electron chi connectivity index (χ3n) is 3.00. The molecule has 2 rings (SSSR count). The first kappa shape index (κ1) is 15.7. The quantitative estimate of drug-likeness (QED) is 0.785. The van der Waals surface area contributed by atoms with E-state index in [0.29, 0.717) is 24.5 Å². The molecule has 0 atom stereocenters. The van der Waals surface area contributed by atoms with Crippen molar-refractivity contribution >= 4 is 27.0 Å². The van der Waals surface area contributed by atoms with Gasteiger partial charge in [0.05, 0.1) is 28.4 Å². The maximum absolute atomic E-state index is 11.8. The van der Waals surface area contributed by atoms with Crippen molar-refractivity contribution in [2.75, 3.05) is 19.4 Å². The second kappa shape index (κ2) is 6.42. The Morgan fingerprint density at radius 2 is 2.19 bits per heavy atom. The Hall–Kier alpha value is -1.64. The molecule has 21 heavy (non-hydrogen) atoms. The molecule has 114 valence electrons. The number of nitrogens with zero attached hydrogens (tertiary/aromatic N) is 1. The minimum absolute atomic E-state index is 0.128. The van der Waals surface area contributed by atoms with E-state index in [9.17, 15) is 8.42 Å². The Morgan fingerprint density at radius 1 is 1.43 bits per heavy atom. The molecule has 0 aliphatic rings. The molecule has 1 aromatic heterocycles. The Labute approximate surface area is 128 Å². The highest BCUT2D eigenvalue weighted by Gasteiger charge is 2.14. The summed E-state index contributed by atoms with van der Waals surface area (Å²) in [6, 6.07) is 4.40. The van der Waals surface area contributed by atoms with Gasteiger partial charge in [-0.25, -0.2) is 18.1 Å². The van der Waals surface area contributed by atoms with Crippen LogP contribution in [0.2, 0.25) is 0 Å². The summed E-state index contributed by atoms with van der Waals surface area (Å²) >= 11 is 1.57. The number of sulfonamides is 1. The van der Waals surface area contributed by atoms with E-state index in [0.717, 1.165) is 10.6 Å². The van der Waals surface area contributed by atoms with Crippen LogP contribution < -0.4 is 15.2 Å². The van der Waals surface area contributed by atoms with Crippen molar-refractivity contribution in [3.05, 3.63) is 34.3 Å². The first-order valence-corrected chi connectivity index (χ1v) is 8.65. The summed E-state index contributed by atoms with van der Waals surface area (Å²) < 4.78 is 31.4. The highest BCUT2D eigenvalue weighted by Crippen LogP contribution is 2.25. The molecular formula is C13H17N3O3S2. The highest BCUT2D eigenvalue weighted by atomic mass is 32.2. The fraction of sp³-hybridized carbons (Fsp3) is 0.308. The van der Waals surface area contributed by atoms with Gasteiger partial charge in [-0.1, -0.05) is 0 Å². The average molecular weight is 327 g/mol. The first-order valence-electron chi connectivity index (χ1n) is 6.29. The normalized spacial score (nSPS) is 11.5. The van der Waals surface area contributed by atoms with E-state index < -0.39 is 10.0 Å². The summed E-state index contributed by atoms with van der Waals surface area (Å²) in [4.78, 5) is 5.44. The number of ether oxygens (including phenoxy) is 1. The standard InChI is InChI=1S/C13H17N3O3S2/c1-9-13(20-8-16-9)5-6-19-12-7-10(3-4-11(12)14)21(17,18)15-2/h3-4,7-8,15H,5-6,14H2,1-2H3. The van der Waals surface area contributed by atoms with E-state index in [1.165, 1.54) is 25.2 Å². The third-order valence-corrected chi connectivity index (χ3v) is 5.40. The van der Waals surface area contributed by atoms with Crippen molar-refractivity contribution in [3.63, 3.8) is 0 Å². The fourth-order valence-corrected chi connectivity index (χ4v) is 3.25. The summed E-state index contributed by atoms with van der Waals surface area (Å²) in [5.41, 5.74) is 9.00. The third kappa shape index (κ3) is 3.72. The van der Waals surface area contributed by atoms with Gasteiger partial charge in [0.15, 0.2) is 0 Å². The molecule has 3 N–H and O–H groups in total. The second-order valence-electron chi connectivity index (χ2n) is 4.37. The summed E-state index contributed by atoms with van der Waals surface area (Å²) in [5.74, 6) is 0.369. The minimum atomic E-state index is -3.51. The zero-order chi connectivity index (χ0) is 15.5. The number of aryl methyl sites for hydroxylation is 1. The molecular weight excluding hydrogens is 310 g/mol. The van der Waals surface area contributed by atoms with Gasteiger partial charge in [0, 0.05) is 17.4 Å². The lowest BCUT2D eigenvalue weighted by atomic mass is 10.3. The maximum atomic E-state index is 11.8. The first-order chi connectivity index (χ1) is 9.94. The Balaban J connectivity index is 2.09. The lowest BCUT2D eigenvalue weighted by molar-refractivity contribution is 0.323. The molecule has 0 amide bonds. The van der Waals surface area contributed by atoms with Crippen LogP contribution in [0, 0.1) is 6.92 Å². The maximum Gasteiger partial charge on any atom is 0.240 e. The van der Waals surface area contributed by atoms with Crippen molar-refractivity contribution in [3.8, 4) is 5.75 Å². The van der Waals surface area contributed by atoms with Gasteiger partial charge in [0.1, 0.15) is 5.75 Å². The van der Waals surface area contributed by atoms with Gasteiger partial charge in [0.25, 0.3) is 0 Å². The van der Waals surface area contributed by atoms with Crippen LogP contribution in [0.4, 0.5) is 5.69 Å². The van der Waals surface area contributed by atoms with Crippen LogP contribution in [-0.2, 0) is 16.4 Å². The van der Waals surface area contributed by atoms with E-state index >= 15 is 0 Å². The second-order valence-corrected chi connectivity index (χ2v) is 7.19. The predicted molar refractivity (Wildman–Crippen MR) is 83.1 cm³/mol. The lowest BCUT2D eigenvalue weighted by Crippen LogP contribution is -2.18. The Morgan fingerprint density at radius 3 is 2.81 bits per heavy atom. The number of hydrogen-bond donors (Lipinski definition) is 2. The number of benzene rings is 1. The van der Waals surface area contributed by atoms with E-state index in [2.05, 4.69) is 9.71 Å². The van der Waals surface area contributed by atoms with Crippen LogP contribution in [0.15, 0.2) is 28.6 Å². The smallest absolute Gasteiger partial charge is 0.240 e. The minimum Gasteiger partial charge on any atom is -0.491 e. The monoisotopic (exact) mass is 327 g/mol. The summed E-state index contributed by atoms with van der Waals surface area (Å²) in [6.45, 7) is 2.36. The van der Waals surface area contributed by atoms with Crippen LogP contribution in [0.25, 0.3) is 0 Å². The van der Waals surface area contributed by atoms with Gasteiger partial charge in [-0.3, -0.25) is 0 Å². The molecule has 0 aliphatic heterocycles. The zero-order valence-electron chi connectivity index (χ0n) is 11.8. The number of nitrogens with one attached hydrogen (secondary N) is 1. The Kier molecular flexibility index (Phi) is 4.81. The predicted octanol–water partition coefficient (Wildman–Crippen LogP) is 1.56. The van der Waals surface area contributed by atoms with Crippen LogP contribution in [0.5, 0.6) is 5.75 Å². The van der Waals surface area contributed by atoms with Gasteiger partial charge < -0.3 is 10.5 Å². The van der Waals surface area contributed by atoms with E-state index in [1.54, 1.807) is 16.8 Å². The number of hydrogen-bond acceptors (Lipinski definition) is 6. The van der Waals surface area contributed by atoms with Crippen molar-refractivity contribution < 1.29 is 13.2 Å². The molecule has 0 unspecified atom stereocenters.